The van der Waals surface area contributed by atoms with Crippen molar-refractivity contribution in [2.45, 2.75) is 57.8 Å². The summed E-state index contributed by atoms with van der Waals surface area (Å²) in [6, 6.07) is 0. The number of rotatable bonds is 10. The van der Waals surface area contributed by atoms with Crippen LogP contribution in [-0.4, -0.2) is 19.5 Å². The second kappa shape index (κ2) is 11.5. The zero-order valence-electron chi connectivity index (χ0n) is 10.1. The maximum atomic E-state index is 10.9. The van der Waals surface area contributed by atoms with Gasteiger partial charge in [-0.3, -0.25) is 4.79 Å². The van der Waals surface area contributed by atoms with Gasteiger partial charge in [0.25, 0.3) is 0 Å². The van der Waals surface area contributed by atoms with Crippen molar-refractivity contribution in [3.63, 3.8) is 0 Å². The Labute approximate surface area is 93.8 Å². The van der Waals surface area contributed by atoms with Gasteiger partial charge in [-0.1, -0.05) is 38.5 Å². The Bertz CT molecular complexity index is 149. The second-order valence-corrected chi connectivity index (χ2v) is 4.04. The molecule has 0 aromatic heterocycles. The van der Waals surface area contributed by atoms with E-state index >= 15 is 0 Å². The summed E-state index contributed by atoms with van der Waals surface area (Å²) in [6.45, 7) is 0.826. The molecule has 0 aliphatic carbocycles. The van der Waals surface area contributed by atoms with Gasteiger partial charge in [0, 0.05) is 13.5 Å². The van der Waals surface area contributed by atoms with Crippen LogP contribution in [0.2, 0.25) is 0 Å². The van der Waals surface area contributed by atoms with Crippen LogP contribution in [0.1, 0.15) is 57.8 Å². The van der Waals surface area contributed by atoms with Crippen LogP contribution in [-0.2, 0) is 4.79 Å². The Morgan fingerprint density at radius 1 is 0.933 bits per heavy atom. The lowest BCUT2D eigenvalue weighted by molar-refractivity contribution is -0.120. The minimum atomic E-state index is 0.165. The van der Waals surface area contributed by atoms with Crippen molar-refractivity contribution in [1.29, 1.82) is 0 Å². The number of hydrogen-bond acceptors (Lipinski definition) is 2. The van der Waals surface area contributed by atoms with Gasteiger partial charge in [0.2, 0.25) is 5.91 Å². The van der Waals surface area contributed by atoms with Gasteiger partial charge in [-0.15, -0.1) is 0 Å². The molecule has 0 atom stereocenters. The summed E-state index contributed by atoms with van der Waals surface area (Å²) in [7, 11) is 1.69. The lowest BCUT2D eigenvalue weighted by atomic mass is 10.1. The van der Waals surface area contributed by atoms with Crippen LogP contribution in [0.3, 0.4) is 0 Å². The monoisotopic (exact) mass is 214 g/mol. The number of amides is 1. The van der Waals surface area contributed by atoms with Crippen LogP contribution in [0.4, 0.5) is 0 Å². The molecule has 0 saturated carbocycles. The van der Waals surface area contributed by atoms with Crippen molar-refractivity contribution in [3.05, 3.63) is 0 Å². The minimum absolute atomic E-state index is 0.165. The van der Waals surface area contributed by atoms with Crippen molar-refractivity contribution < 1.29 is 4.79 Å². The number of nitrogens with one attached hydrogen (secondary N) is 1. The highest BCUT2D eigenvalue weighted by molar-refractivity contribution is 5.75. The molecule has 3 heteroatoms. The van der Waals surface area contributed by atoms with E-state index in [0.717, 1.165) is 19.4 Å². The topological polar surface area (TPSA) is 55.1 Å². The molecule has 0 unspecified atom stereocenters. The van der Waals surface area contributed by atoms with Crippen LogP contribution >= 0.6 is 0 Å². The lowest BCUT2D eigenvalue weighted by Gasteiger charge is -2.01. The smallest absolute Gasteiger partial charge is 0.219 e. The maximum absolute atomic E-state index is 10.9. The predicted octanol–water partition coefficient (Wildman–Crippen LogP) is 2.20. The van der Waals surface area contributed by atoms with Gasteiger partial charge in [0.05, 0.1) is 0 Å². The second-order valence-electron chi connectivity index (χ2n) is 4.04. The standard InChI is InChI=1S/C12H26N2O/c1-14-12(15)10-8-6-4-2-3-5-7-9-11-13/h2-11,13H2,1H3,(H,14,15). The Kier molecular flexibility index (Phi) is 11.1. The van der Waals surface area contributed by atoms with Gasteiger partial charge in [0.1, 0.15) is 0 Å². The number of carbonyl (C=O) groups is 1. The van der Waals surface area contributed by atoms with Crippen LogP contribution in [0.25, 0.3) is 0 Å². The first-order valence-corrected chi connectivity index (χ1v) is 6.22. The van der Waals surface area contributed by atoms with E-state index in [1.165, 1.54) is 38.5 Å². The molecule has 0 heterocycles. The molecule has 0 rings (SSSR count). The Balaban J connectivity index is 2.95. The highest BCUT2D eigenvalue weighted by Gasteiger charge is 1.97. The molecule has 0 saturated heterocycles. The Morgan fingerprint density at radius 2 is 1.40 bits per heavy atom. The molecule has 0 spiro atoms. The maximum Gasteiger partial charge on any atom is 0.219 e. The van der Waals surface area contributed by atoms with Gasteiger partial charge >= 0.3 is 0 Å². The molecule has 0 aromatic carbocycles. The third-order valence-electron chi connectivity index (χ3n) is 2.64. The van der Waals surface area contributed by atoms with Crippen LogP contribution in [0.5, 0.6) is 0 Å². The number of unbranched alkanes of at least 4 members (excludes halogenated alkanes) is 7. The van der Waals surface area contributed by atoms with Gasteiger partial charge in [-0.05, 0) is 19.4 Å². The molecule has 0 radical (unpaired) electrons. The van der Waals surface area contributed by atoms with Crippen molar-refractivity contribution in [2.24, 2.45) is 5.73 Å². The summed E-state index contributed by atoms with van der Waals surface area (Å²) in [5.74, 6) is 0.165. The fourth-order valence-corrected chi connectivity index (χ4v) is 1.62. The summed E-state index contributed by atoms with van der Waals surface area (Å²) >= 11 is 0. The Morgan fingerprint density at radius 3 is 1.87 bits per heavy atom. The van der Waals surface area contributed by atoms with Crippen LogP contribution < -0.4 is 11.1 Å². The number of nitrogens with two attached hydrogens (primary N) is 1. The van der Waals surface area contributed by atoms with Crippen molar-refractivity contribution in [2.75, 3.05) is 13.6 Å². The minimum Gasteiger partial charge on any atom is -0.359 e. The predicted molar refractivity (Wildman–Crippen MR) is 64.7 cm³/mol. The van der Waals surface area contributed by atoms with Crippen LogP contribution in [0.15, 0.2) is 0 Å². The quantitative estimate of drug-likeness (QED) is 0.548. The lowest BCUT2D eigenvalue weighted by Crippen LogP contribution is -2.16. The van der Waals surface area contributed by atoms with E-state index in [4.69, 9.17) is 5.73 Å². The van der Waals surface area contributed by atoms with Crippen LogP contribution in [0, 0.1) is 0 Å². The number of hydrogen-bond donors (Lipinski definition) is 2. The van der Waals surface area contributed by atoms with Gasteiger partial charge in [-0.25, -0.2) is 0 Å². The normalized spacial score (nSPS) is 10.3. The van der Waals surface area contributed by atoms with E-state index in [2.05, 4.69) is 5.32 Å². The SMILES string of the molecule is CNC(=O)CCCCCCCCCCN. The van der Waals surface area contributed by atoms with Crippen molar-refractivity contribution in [1.82, 2.24) is 5.32 Å². The molecule has 0 aliphatic heterocycles. The molecule has 15 heavy (non-hydrogen) atoms. The average molecular weight is 214 g/mol. The van der Waals surface area contributed by atoms with E-state index < -0.39 is 0 Å². The molecule has 3 nitrogen and oxygen atoms in total. The molecule has 3 N–H and O–H groups in total. The first-order valence-electron chi connectivity index (χ1n) is 6.22. The fourth-order valence-electron chi connectivity index (χ4n) is 1.62. The average Bonchev–Trinajstić information content (AvgIpc) is 2.26. The van der Waals surface area contributed by atoms with E-state index in [1.807, 2.05) is 0 Å². The van der Waals surface area contributed by atoms with E-state index in [-0.39, 0.29) is 5.91 Å². The van der Waals surface area contributed by atoms with Crippen molar-refractivity contribution in [3.8, 4) is 0 Å². The zero-order chi connectivity index (χ0) is 11.4. The van der Waals surface area contributed by atoms with E-state index in [1.54, 1.807) is 7.05 Å². The zero-order valence-corrected chi connectivity index (χ0v) is 10.1. The largest absolute Gasteiger partial charge is 0.359 e. The van der Waals surface area contributed by atoms with E-state index in [9.17, 15) is 4.79 Å². The molecule has 1 amide bonds. The molecular formula is C12H26N2O. The summed E-state index contributed by atoms with van der Waals surface area (Å²) in [5.41, 5.74) is 5.41. The first kappa shape index (κ1) is 14.4. The Hall–Kier alpha value is -0.570. The van der Waals surface area contributed by atoms with Crippen molar-refractivity contribution >= 4 is 5.91 Å². The summed E-state index contributed by atoms with van der Waals surface area (Å²) in [6.07, 6.45) is 10.5. The summed E-state index contributed by atoms with van der Waals surface area (Å²) in [4.78, 5) is 10.9. The van der Waals surface area contributed by atoms with E-state index in [0.29, 0.717) is 6.42 Å². The highest BCUT2D eigenvalue weighted by Crippen LogP contribution is 2.09. The van der Waals surface area contributed by atoms with Gasteiger partial charge in [0.15, 0.2) is 0 Å². The fraction of sp³-hybridized carbons (Fsp3) is 0.917. The molecule has 0 fully saturated rings. The summed E-state index contributed by atoms with van der Waals surface area (Å²) < 4.78 is 0. The molecule has 90 valence electrons. The molecule has 0 aromatic rings. The molecular weight excluding hydrogens is 188 g/mol. The third kappa shape index (κ3) is 11.4. The highest BCUT2D eigenvalue weighted by atomic mass is 16.1. The summed E-state index contributed by atoms with van der Waals surface area (Å²) in [5, 5.41) is 2.64. The molecule has 0 aliphatic rings. The molecule has 0 bridgehead atoms. The third-order valence-corrected chi connectivity index (χ3v) is 2.64. The number of carbonyl (C=O) groups excluding carboxylic acids is 1. The van der Waals surface area contributed by atoms with Gasteiger partial charge < -0.3 is 11.1 Å². The van der Waals surface area contributed by atoms with Gasteiger partial charge in [-0.2, -0.15) is 0 Å². The first-order chi connectivity index (χ1) is 7.31.